The molecule has 4 rings (SSSR count). The van der Waals surface area contributed by atoms with Crippen molar-refractivity contribution in [2.75, 3.05) is 31.1 Å². The van der Waals surface area contributed by atoms with Gasteiger partial charge in [0.25, 0.3) is 5.56 Å². The van der Waals surface area contributed by atoms with Crippen LogP contribution < -0.4 is 21.0 Å². The van der Waals surface area contributed by atoms with Crippen molar-refractivity contribution in [2.24, 2.45) is 7.05 Å². The second-order valence-electron chi connectivity index (χ2n) is 7.96. The lowest BCUT2D eigenvalue weighted by Crippen LogP contribution is -3.13. The third kappa shape index (κ3) is 3.72. The predicted molar refractivity (Wildman–Crippen MR) is 114 cm³/mol. The van der Waals surface area contributed by atoms with E-state index in [9.17, 15) is 9.59 Å². The SMILES string of the molecule is CCCn1c(N2CC[NH+](Cc3cccc(C)c3)CC2)nc2c1c(=O)[nH]c(=O)n2C. The standard InChI is InChI=1S/C21H28N6O2/c1-4-8-27-17-18(24(3)21(29)23-19(17)28)22-20(27)26-11-9-25(10-12-26)14-16-7-5-6-15(2)13-16/h5-7,13H,4,8-12,14H2,1-3H3,(H,23,28,29)/p+1. The summed E-state index contributed by atoms with van der Waals surface area (Å²) in [6.45, 7) is 9.70. The Morgan fingerprint density at radius 3 is 2.66 bits per heavy atom. The van der Waals surface area contributed by atoms with Crippen LogP contribution in [0.15, 0.2) is 33.9 Å². The molecule has 8 heteroatoms. The first kappa shape index (κ1) is 19.4. The number of fused-ring (bicyclic) bond motifs is 1. The molecule has 8 nitrogen and oxygen atoms in total. The Morgan fingerprint density at radius 2 is 1.97 bits per heavy atom. The van der Waals surface area contributed by atoms with E-state index in [-0.39, 0.29) is 5.56 Å². The number of hydrogen-bond acceptors (Lipinski definition) is 4. The number of aryl methyl sites for hydroxylation is 3. The number of anilines is 1. The van der Waals surface area contributed by atoms with Gasteiger partial charge < -0.3 is 14.4 Å². The van der Waals surface area contributed by atoms with E-state index in [0.717, 1.165) is 45.1 Å². The summed E-state index contributed by atoms with van der Waals surface area (Å²) in [5, 5.41) is 0. The first-order valence-corrected chi connectivity index (χ1v) is 10.3. The molecule has 3 heterocycles. The van der Waals surface area contributed by atoms with Crippen LogP contribution >= 0.6 is 0 Å². The van der Waals surface area contributed by atoms with Crippen LogP contribution in [0.5, 0.6) is 0 Å². The molecular formula is C21H29N6O2+. The van der Waals surface area contributed by atoms with Crippen molar-refractivity contribution in [1.29, 1.82) is 0 Å². The molecule has 0 aliphatic carbocycles. The molecule has 1 aromatic carbocycles. The zero-order valence-corrected chi connectivity index (χ0v) is 17.4. The van der Waals surface area contributed by atoms with E-state index in [4.69, 9.17) is 4.98 Å². The Bertz CT molecular complexity index is 1130. The van der Waals surface area contributed by atoms with Gasteiger partial charge in [-0.1, -0.05) is 36.8 Å². The van der Waals surface area contributed by atoms with Gasteiger partial charge in [0.1, 0.15) is 6.54 Å². The first-order chi connectivity index (χ1) is 14.0. The average molecular weight is 398 g/mol. The van der Waals surface area contributed by atoms with Crippen molar-refractivity contribution < 1.29 is 4.90 Å². The second-order valence-corrected chi connectivity index (χ2v) is 7.96. The molecule has 0 spiro atoms. The molecule has 0 saturated carbocycles. The van der Waals surface area contributed by atoms with E-state index in [0.29, 0.717) is 17.7 Å². The fraction of sp³-hybridized carbons (Fsp3) is 0.476. The fourth-order valence-corrected chi connectivity index (χ4v) is 4.21. The number of rotatable bonds is 5. The summed E-state index contributed by atoms with van der Waals surface area (Å²) in [5.41, 5.74) is 2.81. The molecule has 1 saturated heterocycles. The van der Waals surface area contributed by atoms with Gasteiger partial charge in [-0.05, 0) is 13.3 Å². The van der Waals surface area contributed by atoms with E-state index in [1.807, 2.05) is 4.57 Å². The Kier molecular flexibility index (Phi) is 5.27. The molecule has 2 aromatic heterocycles. The van der Waals surface area contributed by atoms with Gasteiger partial charge in [-0.2, -0.15) is 4.98 Å². The van der Waals surface area contributed by atoms with Crippen molar-refractivity contribution in [3.8, 4) is 0 Å². The largest absolute Gasteiger partial charge is 0.331 e. The Labute approximate surface area is 169 Å². The minimum Gasteiger partial charge on any atom is -0.331 e. The third-order valence-corrected chi connectivity index (χ3v) is 5.72. The van der Waals surface area contributed by atoms with E-state index >= 15 is 0 Å². The summed E-state index contributed by atoms with van der Waals surface area (Å²) in [6.07, 6.45) is 0.888. The Balaban J connectivity index is 1.58. The van der Waals surface area contributed by atoms with Gasteiger partial charge in [-0.3, -0.25) is 14.3 Å². The number of hydrogen-bond donors (Lipinski definition) is 2. The lowest BCUT2D eigenvalue weighted by molar-refractivity contribution is -0.914. The number of nitrogens with zero attached hydrogens (tertiary/aromatic N) is 4. The van der Waals surface area contributed by atoms with Crippen LogP contribution in [0.1, 0.15) is 24.5 Å². The number of nitrogens with one attached hydrogen (secondary N) is 2. The maximum Gasteiger partial charge on any atom is 0.329 e. The molecule has 0 unspecified atom stereocenters. The minimum atomic E-state index is -0.428. The minimum absolute atomic E-state index is 0.362. The number of imidazole rings is 1. The fourth-order valence-electron chi connectivity index (χ4n) is 4.21. The molecule has 1 aliphatic heterocycles. The summed E-state index contributed by atoms with van der Waals surface area (Å²) in [7, 11) is 1.65. The smallest absolute Gasteiger partial charge is 0.329 e. The summed E-state index contributed by atoms with van der Waals surface area (Å²) < 4.78 is 3.39. The van der Waals surface area contributed by atoms with E-state index < -0.39 is 5.69 Å². The van der Waals surface area contributed by atoms with Crippen molar-refractivity contribution in [3.05, 3.63) is 56.2 Å². The number of aromatic nitrogens is 4. The second kappa shape index (κ2) is 7.87. The Morgan fingerprint density at radius 1 is 1.21 bits per heavy atom. The van der Waals surface area contributed by atoms with Gasteiger partial charge in [0.15, 0.2) is 11.2 Å². The molecule has 29 heavy (non-hydrogen) atoms. The van der Waals surface area contributed by atoms with E-state index in [2.05, 4.69) is 48.0 Å². The van der Waals surface area contributed by atoms with Crippen LogP contribution in [0.25, 0.3) is 11.2 Å². The molecule has 154 valence electrons. The summed E-state index contributed by atoms with van der Waals surface area (Å²) in [5.74, 6) is 0.795. The number of aromatic amines is 1. The highest BCUT2D eigenvalue weighted by Crippen LogP contribution is 2.20. The monoisotopic (exact) mass is 397 g/mol. The van der Waals surface area contributed by atoms with Crippen molar-refractivity contribution in [3.63, 3.8) is 0 Å². The molecule has 0 radical (unpaired) electrons. The number of H-pyrrole nitrogens is 1. The molecule has 1 fully saturated rings. The molecule has 1 aliphatic rings. The highest BCUT2D eigenvalue weighted by atomic mass is 16.2. The van der Waals surface area contributed by atoms with Gasteiger partial charge in [-0.25, -0.2) is 4.79 Å². The lowest BCUT2D eigenvalue weighted by Gasteiger charge is -2.33. The summed E-state index contributed by atoms with van der Waals surface area (Å²) in [6, 6.07) is 8.70. The van der Waals surface area contributed by atoms with Crippen LogP contribution in [-0.2, 0) is 20.1 Å². The Hall–Kier alpha value is -2.87. The zero-order valence-electron chi connectivity index (χ0n) is 17.4. The molecule has 3 aromatic rings. The molecule has 0 atom stereocenters. The first-order valence-electron chi connectivity index (χ1n) is 10.3. The highest BCUT2D eigenvalue weighted by molar-refractivity contribution is 5.74. The normalized spacial score (nSPS) is 15.3. The predicted octanol–water partition coefficient (Wildman–Crippen LogP) is 0.0468. The van der Waals surface area contributed by atoms with Crippen molar-refractivity contribution in [1.82, 2.24) is 19.1 Å². The van der Waals surface area contributed by atoms with Gasteiger partial charge in [0, 0.05) is 19.2 Å². The van der Waals surface area contributed by atoms with Gasteiger partial charge in [0.2, 0.25) is 5.95 Å². The summed E-state index contributed by atoms with van der Waals surface area (Å²) >= 11 is 0. The maximum atomic E-state index is 12.5. The number of quaternary nitrogens is 1. The van der Waals surface area contributed by atoms with Crippen molar-refractivity contribution in [2.45, 2.75) is 33.4 Å². The van der Waals surface area contributed by atoms with Crippen LogP contribution in [-0.4, -0.2) is 45.3 Å². The van der Waals surface area contributed by atoms with Crippen LogP contribution in [0, 0.1) is 6.92 Å². The van der Waals surface area contributed by atoms with Crippen LogP contribution in [0.3, 0.4) is 0 Å². The van der Waals surface area contributed by atoms with E-state index in [1.165, 1.54) is 15.7 Å². The topological polar surface area (TPSA) is 80.4 Å². The molecule has 0 amide bonds. The lowest BCUT2D eigenvalue weighted by atomic mass is 10.1. The zero-order chi connectivity index (χ0) is 20.5. The molecule has 2 N–H and O–H groups in total. The van der Waals surface area contributed by atoms with Crippen LogP contribution in [0.2, 0.25) is 0 Å². The maximum absolute atomic E-state index is 12.5. The van der Waals surface area contributed by atoms with E-state index in [1.54, 1.807) is 11.9 Å². The summed E-state index contributed by atoms with van der Waals surface area (Å²) in [4.78, 5) is 35.4. The average Bonchev–Trinajstić information content (AvgIpc) is 3.07. The highest BCUT2D eigenvalue weighted by Gasteiger charge is 2.26. The number of piperazine rings is 1. The van der Waals surface area contributed by atoms with Crippen LogP contribution in [0.4, 0.5) is 5.95 Å². The van der Waals surface area contributed by atoms with Crippen molar-refractivity contribution >= 4 is 17.1 Å². The number of benzene rings is 1. The van der Waals surface area contributed by atoms with Gasteiger partial charge >= 0.3 is 5.69 Å². The van der Waals surface area contributed by atoms with Gasteiger partial charge in [-0.15, -0.1) is 0 Å². The third-order valence-electron chi connectivity index (χ3n) is 5.72. The van der Waals surface area contributed by atoms with Gasteiger partial charge in [0.05, 0.1) is 26.2 Å². The quantitative estimate of drug-likeness (QED) is 0.638. The molecular weight excluding hydrogens is 368 g/mol. The molecule has 0 bridgehead atoms.